The number of carbonyl (C=O) groups is 4. The van der Waals surface area contributed by atoms with Gasteiger partial charge in [-0.05, 0) is 45.6 Å². The molecule has 3 amide bonds. The lowest BCUT2D eigenvalue weighted by molar-refractivity contribution is -0.145. The van der Waals surface area contributed by atoms with Gasteiger partial charge in [0, 0.05) is 24.9 Å². The molecule has 0 aliphatic carbocycles. The van der Waals surface area contributed by atoms with Crippen molar-refractivity contribution < 1.29 is 33.4 Å². The quantitative estimate of drug-likeness (QED) is 0.174. The van der Waals surface area contributed by atoms with Crippen LogP contribution in [-0.2, 0) is 36.8 Å². The highest BCUT2D eigenvalue weighted by atomic mass is 16.6. The van der Waals surface area contributed by atoms with Crippen LogP contribution in [0.3, 0.4) is 0 Å². The fourth-order valence-corrected chi connectivity index (χ4v) is 3.37. The number of hydrogen-bond acceptors (Lipinski definition) is 8. The highest BCUT2D eigenvalue weighted by Crippen LogP contribution is 2.08. The van der Waals surface area contributed by atoms with Gasteiger partial charge < -0.3 is 35.1 Å². The lowest BCUT2D eigenvalue weighted by Crippen LogP contribution is -2.52. The van der Waals surface area contributed by atoms with Gasteiger partial charge in [0.1, 0.15) is 24.3 Å². The van der Waals surface area contributed by atoms with Gasteiger partial charge in [0.05, 0.1) is 13.4 Å². The minimum atomic E-state index is -1.04. The molecule has 12 nitrogen and oxygen atoms in total. The van der Waals surface area contributed by atoms with E-state index in [9.17, 15) is 19.2 Å². The summed E-state index contributed by atoms with van der Waals surface area (Å²) in [6, 6.07) is 7.14. The van der Waals surface area contributed by atoms with E-state index in [-0.39, 0.29) is 19.4 Å². The Balaban J connectivity index is 1.92. The first-order valence-corrected chi connectivity index (χ1v) is 12.4. The molecule has 208 valence electrons. The molecule has 0 aliphatic rings. The van der Waals surface area contributed by atoms with Gasteiger partial charge in [-0.25, -0.2) is 19.4 Å². The van der Waals surface area contributed by atoms with E-state index in [1.165, 1.54) is 19.6 Å². The van der Waals surface area contributed by atoms with Crippen LogP contribution in [0.5, 0.6) is 0 Å². The Morgan fingerprint density at radius 3 is 2.37 bits per heavy atom. The van der Waals surface area contributed by atoms with Gasteiger partial charge in [-0.2, -0.15) is 0 Å². The first kappa shape index (κ1) is 30.1. The van der Waals surface area contributed by atoms with Crippen LogP contribution < -0.4 is 16.0 Å². The summed E-state index contributed by atoms with van der Waals surface area (Å²) in [7, 11) is 1.23. The zero-order valence-electron chi connectivity index (χ0n) is 22.2. The molecule has 0 spiro atoms. The highest BCUT2D eigenvalue weighted by molar-refractivity contribution is 5.89. The molecule has 0 aliphatic heterocycles. The maximum Gasteiger partial charge on any atom is 0.408 e. The van der Waals surface area contributed by atoms with Gasteiger partial charge in [-0.1, -0.05) is 30.3 Å². The van der Waals surface area contributed by atoms with Crippen molar-refractivity contribution in [2.24, 2.45) is 0 Å². The largest absolute Gasteiger partial charge is 0.467 e. The van der Waals surface area contributed by atoms with Gasteiger partial charge in [-0.3, -0.25) is 4.79 Å². The van der Waals surface area contributed by atoms with E-state index in [0.29, 0.717) is 25.1 Å². The maximum absolute atomic E-state index is 13.1. The molecule has 2 aromatic rings. The second-order valence-electron chi connectivity index (χ2n) is 9.55. The molecule has 38 heavy (non-hydrogen) atoms. The van der Waals surface area contributed by atoms with E-state index in [1.807, 2.05) is 30.3 Å². The molecule has 0 bridgehead atoms. The Kier molecular flexibility index (Phi) is 12.1. The Bertz CT molecular complexity index is 1020. The Hall–Kier alpha value is -4.09. The highest BCUT2D eigenvalue weighted by Gasteiger charge is 2.28. The van der Waals surface area contributed by atoms with Gasteiger partial charge in [0.2, 0.25) is 5.91 Å². The summed E-state index contributed by atoms with van der Waals surface area (Å²) in [5.74, 6) is -1.20. The normalized spacial score (nSPS) is 12.5. The number of benzene rings is 1. The summed E-state index contributed by atoms with van der Waals surface area (Å²) in [5, 5.41) is 7.87. The molecule has 0 unspecified atom stereocenters. The first-order chi connectivity index (χ1) is 18.1. The SMILES string of the molecule is COC(=O)[C@H](CCCCNC(=O)OC(C)(C)C)NC(=O)[C@H](Cc1cnc[nH]1)NC(=O)OCc1ccccc1. The molecule has 2 atom stereocenters. The van der Waals surface area contributed by atoms with Crippen LogP contribution in [0.1, 0.15) is 51.3 Å². The Morgan fingerprint density at radius 2 is 1.74 bits per heavy atom. The van der Waals surface area contributed by atoms with Crippen molar-refractivity contribution in [2.45, 2.75) is 70.7 Å². The van der Waals surface area contributed by atoms with E-state index in [0.717, 1.165) is 5.56 Å². The van der Waals surface area contributed by atoms with Gasteiger partial charge in [0.15, 0.2) is 0 Å². The average Bonchev–Trinajstić information content (AvgIpc) is 3.38. The van der Waals surface area contributed by atoms with E-state index in [1.54, 1.807) is 20.8 Å². The monoisotopic (exact) mass is 531 g/mol. The van der Waals surface area contributed by atoms with Crippen LogP contribution >= 0.6 is 0 Å². The number of ether oxygens (including phenoxy) is 3. The summed E-state index contributed by atoms with van der Waals surface area (Å²) in [6.45, 7) is 5.69. The third-order valence-electron chi connectivity index (χ3n) is 5.19. The van der Waals surface area contributed by atoms with Crippen molar-refractivity contribution in [2.75, 3.05) is 13.7 Å². The zero-order valence-corrected chi connectivity index (χ0v) is 22.2. The lowest BCUT2D eigenvalue weighted by Gasteiger charge is -2.22. The van der Waals surface area contributed by atoms with Crippen LogP contribution in [0, 0.1) is 0 Å². The van der Waals surface area contributed by atoms with Crippen molar-refractivity contribution in [3.8, 4) is 0 Å². The number of hydrogen-bond donors (Lipinski definition) is 4. The van der Waals surface area contributed by atoms with E-state index >= 15 is 0 Å². The minimum absolute atomic E-state index is 0.0349. The molecule has 12 heteroatoms. The van der Waals surface area contributed by atoms with E-state index in [2.05, 4.69) is 25.9 Å². The van der Waals surface area contributed by atoms with Crippen LogP contribution in [0.25, 0.3) is 0 Å². The first-order valence-electron chi connectivity index (χ1n) is 12.4. The van der Waals surface area contributed by atoms with Crippen molar-refractivity contribution in [1.29, 1.82) is 0 Å². The van der Waals surface area contributed by atoms with Crippen LogP contribution in [0.15, 0.2) is 42.9 Å². The minimum Gasteiger partial charge on any atom is -0.467 e. The number of imidazole rings is 1. The van der Waals surface area contributed by atoms with Crippen LogP contribution in [0.4, 0.5) is 9.59 Å². The van der Waals surface area contributed by atoms with Gasteiger partial charge in [-0.15, -0.1) is 0 Å². The number of alkyl carbamates (subject to hydrolysis) is 2. The van der Waals surface area contributed by atoms with Crippen molar-refractivity contribution >= 4 is 24.1 Å². The second kappa shape index (κ2) is 15.2. The fourth-order valence-electron chi connectivity index (χ4n) is 3.37. The van der Waals surface area contributed by atoms with Crippen molar-refractivity contribution in [3.63, 3.8) is 0 Å². The third kappa shape index (κ3) is 11.8. The zero-order chi connectivity index (χ0) is 28.0. The molecule has 0 saturated carbocycles. The summed E-state index contributed by atoms with van der Waals surface area (Å²) < 4.78 is 15.3. The molecular formula is C26H37N5O7. The summed E-state index contributed by atoms with van der Waals surface area (Å²) in [6.07, 6.45) is 3.10. The second-order valence-corrected chi connectivity index (χ2v) is 9.55. The summed E-state index contributed by atoms with van der Waals surface area (Å²) in [5.41, 5.74) is 0.805. The lowest BCUT2D eigenvalue weighted by atomic mass is 10.1. The standard InChI is InChI=1S/C26H37N5O7/c1-26(2,3)38-24(34)28-13-9-8-12-20(23(33)36-4)30-22(32)21(14-19-15-27-17-29-19)31-25(35)37-16-18-10-6-5-7-11-18/h5-7,10-11,15,17,20-21H,8-9,12-14,16H2,1-4H3,(H,27,29)(H,28,34)(H,30,32)(H,31,35)/t20-,21-/m0/s1. The maximum atomic E-state index is 13.1. The van der Waals surface area contributed by atoms with Crippen molar-refractivity contribution in [1.82, 2.24) is 25.9 Å². The number of rotatable bonds is 13. The smallest absolute Gasteiger partial charge is 0.408 e. The molecular weight excluding hydrogens is 494 g/mol. The van der Waals surface area contributed by atoms with Crippen LogP contribution in [0.2, 0.25) is 0 Å². The Labute approximate surface area is 222 Å². The molecule has 0 fully saturated rings. The average molecular weight is 532 g/mol. The number of amides is 3. The predicted octanol–water partition coefficient (Wildman–Crippen LogP) is 2.60. The summed E-state index contributed by atoms with van der Waals surface area (Å²) in [4.78, 5) is 56.5. The number of H-pyrrole nitrogens is 1. The van der Waals surface area contributed by atoms with Crippen LogP contribution in [-0.4, -0.2) is 65.4 Å². The predicted molar refractivity (Wildman–Crippen MR) is 138 cm³/mol. The number of aromatic amines is 1. The topological polar surface area (TPSA) is 161 Å². The molecule has 0 radical (unpaired) electrons. The third-order valence-corrected chi connectivity index (χ3v) is 5.19. The van der Waals surface area contributed by atoms with Gasteiger partial charge >= 0.3 is 18.2 Å². The summed E-state index contributed by atoms with van der Waals surface area (Å²) >= 11 is 0. The molecule has 1 aromatic heterocycles. The number of methoxy groups -OCH3 is 1. The Morgan fingerprint density at radius 1 is 1.00 bits per heavy atom. The molecule has 4 N–H and O–H groups in total. The number of nitrogens with one attached hydrogen (secondary N) is 4. The fraction of sp³-hybridized carbons (Fsp3) is 0.500. The molecule has 2 rings (SSSR count). The van der Waals surface area contributed by atoms with E-state index in [4.69, 9.17) is 14.2 Å². The van der Waals surface area contributed by atoms with Crippen molar-refractivity contribution in [3.05, 3.63) is 54.1 Å². The number of aromatic nitrogens is 2. The number of carbonyl (C=O) groups excluding carboxylic acids is 4. The van der Waals surface area contributed by atoms with Gasteiger partial charge in [0.25, 0.3) is 0 Å². The molecule has 0 saturated heterocycles. The number of esters is 1. The molecule has 1 aromatic carbocycles. The van der Waals surface area contributed by atoms with E-state index < -0.39 is 41.7 Å². The number of nitrogens with zero attached hydrogens (tertiary/aromatic N) is 1. The molecule has 1 heterocycles. The number of unbranched alkanes of at least 4 members (excludes halogenated alkanes) is 1.